The quantitative estimate of drug-likeness (QED) is 0.158. The lowest BCUT2D eigenvalue weighted by Crippen LogP contribution is -2.54. The Balaban J connectivity index is 1.18. The lowest BCUT2D eigenvalue weighted by molar-refractivity contribution is -0.137. The molecule has 0 radical (unpaired) electrons. The molecule has 3 aromatic carbocycles. The number of nitrogens with zero attached hydrogens (tertiary/aromatic N) is 4. The number of carbonyl (C=O) groups is 2. The molecule has 0 unspecified atom stereocenters. The Morgan fingerprint density at radius 2 is 1.44 bits per heavy atom. The van der Waals surface area contributed by atoms with Crippen molar-refractivity contribution in [1.29, 1.82) is 0 Å². The molecule has 0 bridgehead atoms. The molecule has 2 saturated heterocycles. The van der Waals surface area contributed by atoms with Gasteiger partial charge in [-0.1, -0.05) is 36.4 Å². The summed E-state index contributed by atoms with van der Waals surface area (Å²) in [4.78, 5) is 36.0. The predicted molar refractivity (Wildman–Crippen MR) is 169 cm³/mol. The van der Waals surface area contributed by atoms with E-state index >= 15 is 0 Å². The Labute approximate surface area is 262 Å². The highest BCUT2D eigenvalue weighted by Gasteiger charge is 2.35. The maximum atomic E-state index is 13.7. The molecule has 2 fully saturated rings. The van der Waals surface area contributed by atoms with Crippen molar-refractivity contribution in [3.8, 4) is 11.5 Å². The molecule has 0 spiro atoms. The van der Waals surface area contributed by atoms with Gasteiger partial charge in [-0.15, -0.1) is 0 Å². The van der Waals surface area contributed by atoms with Crippen molar-refractivity contribution < 1.29 is 27.5 Å². The number of nitrogens with one attached hydrogen (secondary N) is 1. The number of amides is 2. The number of benzene rings is 3. The van der Waals surface area contributed by atoms with E-state index in [9.17, 15) is 22.8 Å². The largest absolute Gasteiger partial charge is 0.457 e. The third-order valence-corrected chi connectivity index (χ3v) is 7.72. The van der Waals surface area contributed by atoms with Gasteiger partial charge in [-0.05, 0) is 78.5 Å². The van der Waals surface area contributed by atoms with Crippen LogP contribution >= 0.6 is 12.2 Å². The first-order valence-electron chi connectivity index (χ1n) is 14.0. The van der Waals surface area contributed by atoms with Crippen LogP contribution in [0.1, 0.15) is 11.1 Å². The zero-order chi connectivity index (χ0) is 31.6. The van der Waals surface area contributed by atoms with E-state index in [0.29, 0.717) is 54.7 Å². The van der Waals surface area contributed by atoms with Crippen LogP contribution < -0.4 is 24.8 Å². The van der Waals surface area contributed by atoms with Crippen LogP contribution in [0.4, 0.5) is 30.4 Å². The van der Waals surface area contributed by atoms with Crippen LogP contribution in [0, 0.1) is 0 Å². The lowest BCUT2D eigenvalue weighted by atomic mass is 10.0. The number of rotatable bonds is 6. The number of hydrogen-bond acceptors (Lipinski definition) is 7. The molecule has 2 aliphatic heterocycles. The molecule has 8 nitrogen and oxygen atoms in total. The number of anilines is 3. The van der Waals surface area contributed by atoms with Gasteiger partial charge in [0.2, 0.25) is 0 Å². The van der Waals surface area contributed by atoms with E-state index in [1.165, 1.54) is 11.0 Å². The summed E-state index contributed by atoms with van der Waals surface area (Å²) in [5.41, 5.74) is 1.08. The molecule has 228 valence electrons. The van der Waals surface area contributed by atoms with Crippen LogP contribution in [0.25, 0.3) is 6.08 Å². The minimum Gasteiger partial charge on any atom is -0.457 e. The van der Waals surface area contributed by atoms with Gasteiger partial charge in [0.25, 0.3) is 11.8 Å². The summed E-state index contributed by atoms with van der Waals surface area (Å²) < 4.78 is 44.7. The maximum Gasteiger partial charge on any atom is 0.417 e. The van der Waals surface area contributed by atoms with Crippen LogP contribution in [-0.2, 0) is 15.8 Å². The van der Waals surface area contributed by atoms with Gasteiger partial charge in [-0.2, -0.15) is 13.2 Å². The summed E-state index contributed by atoms with van der Waals surface area (Å²) in [6.07, 6.45) is -2.04. The molecule has 2 aliphatic rings. The van der Waals surface area contributed by atoms with Crippen LogP contribution in [0.2, 0.25) is 0 Å². The average molecular weight is 630 g/mol. The molecule has 0 saturated carbocycles. The van der Waals surface area contributed by atoms with Crippen molar-refractivity contribution in [3.63, 3.8) is 0 Å². The minimum absolute atomic E-state index is 0.0276. The number of para-hydroxylation sites is 2. The molecule has 12 heteroatoms. The molecule has 1 N–H and O–H groups in total. The molecule has 2 amide bonds. The van der Waals surface area contributed by atoms with Crippen molar-refractivity contribution >= 4 is 52.4 Å². The zero-order valence-electron chi connectivity index (χ0n) is 23.7. The highest BCUT2D eigenvalue weighted by molar-refractivity contribution is 7.80. The van der Waals surface area contributed by atoms with E-state index in [1.807, 2.05) is 59.5 Å². The standard InChI is InChI=1S/C33H26F3N5O3S/c34-33(35,36)23-10-15-29(37-21-23)40-18-16-39(17-19-40)28-9-5-4-6-22(28)20-27-30(42)38-32(45)41(31(27)43)24-11-13-26(14-12-24)44-25-7-2-1-3-8-25/h1-15,20-21H,16-19H2,(H,38,42,45)/b27-20+. The Bertz CT molecular complexity index is 1760. The van der Waals surface area contributed by atoms with E-state index < -0.39 is 23.6 Å². The van der Waals surface area contributed by atoms with Gasteiger partial charge in [0.05, 0.1) is 11.3 Å². The summed E-state index contributed by atoms with van der Waals surface area (Å²) in [7, 11) is 0. The fourth-order valence-corrected chi connectivity index (χ4v) is 5.43. The first kappa shape index (κ1) is 29.8. The average Bonchev–Trinajstić information content (AvgIpc) is 3.04. The number of carbonyl (C=O) groups excluding carboxylic acids is 2. The predicted octanol–water partition coefficient (Wildman–Crippen LogP) is 6.05. The van der Waals surface area contributed by atoms with Crippen molar-refractivity contribution in [1.82, 2.24) is 10.3 Å². The number of halogens is 3. The number of thiocarbonyl (C=S) groups is 1. The number of pyridine rings is 1. The van der Waals surface area contributed by atoms with Gasteiger partial charge >= 0.3 is 6.18 Å². The van der Waals surface area contributed by atoms with Gasteiger partial charge in [-0.3, -0.25) is 19.8 Å². The number of piperazine rings is 1. The van der Waals surface area contributed by atoms with E-state index in [1.54, 1.807) is 30.3 Å². The van der Waals surface area contributed by atoms with Crippen molar-refractivity contribution in [3.05, 3.63) is 114 Å². The summed E-state index contributed by atoms with van der Waals surface area (Å²) in [6.45, 7) is 2.15. The molecule has 0 aliphatic carbocycles. The minimum atomic E-state index is -4.44. The summed E-state index contributed by atoms with van der Waals surface area (Å²) >= 11 is 5.36. The third kappa shape index (κ3) is 6.50. The number of hydrogen-bond donors (Lipinski definition) is 1. The second kappa shape index (κ2) is 12.4. The highest BCUT2D eigenvalue weighted by atomic mass is 32.1. The molecule has 4 aromatic rings. The van der Waals surface area contributed by atoms with Crippen LogP contribution in [0.15, 0.2) is 103 Å². The van der Waals surface area contributed by atoms with E-state index in [2.05, 4.69) is 15.2 Å². The maximum absolute atomic E-state index is 13.7. The molecular formula is C33H26F3N5O3S. The Morgan fingerprint density at radius 3 is 2.11 bits per heavy atom. The first-order valence-corrected chi connectivity index (χ1v) is 14.4. The Kier molecular flexibility index (Phi) is 8.22. The SMILES string of the molecule is O=C1NC(=S)N(c2ccc(Oc3ccccc3)cc2)C(=O)/C1=C/c1ccccc1N1CCN(c2ccc(C(F)(F)F)cn2)CC1. The second-order valence-electron chi connectivity index (χ2n) is 10.3. The second-order valence-corrected chi connectivity index (χ2v) is 10.7. The highest BCUT2D eigenvalue weighted by Crippen LogP contribution is 2.31. The Morgan fingerprint density at radius 1 is 0.800 bits per heavy atom. The summed E-state index contributed by atoms with van der Waals surface area (Å²) in [5, 5.41) is 2.59. The van der Waals surface area contributed by atoms with Gasteiger partial charge in [0.1, 0.15) is 22.9 Å². The fraction of sp³-hybridized carbons (Fsp3) is 0.152. The summed E-state index contributed by atoms with van der Waals surface area (Å²) in [5.74, 6) is 0.553. The monoisotopic (exact) mass is 629 g/mol. The number of ether oxygens (including phenoxy) is 1. The van der Waals surface area contributed by atoms with Gasteiger partial charge in [0.15, 0.2) is 5.11 Å². The number of aromatic nitrogens is 1. The molecule has 1 aromatic heterocycles. The van der Waals surface area contributed by atoms with E-state index in [4.69, 9.17) is 17.0 Å². The molecule has 6 rings (SSSR count). The number of alkyl halides is 3. The normalized spacial score (nSPS) is 16.6. The smallest absolute Gasteiger partial charge is 0.417 e. The zero-order valence-corrected chi connectivity index (χ0v) is 24.5. The molecule has 3 heterocycles. The van der Waals surface area contributed by atoms with Crippen LogP contribution in [-0.4, -0.2) is 48.1 Å². The molecular weight excluding hydrogens is 603 g/mol. The summed E-state index contributed by atoms with van der Waals surface area (Å²) in [6, 6.07) is 25.9. The lowest BCUT2D eigenvalue weighted by Gasteiger charge is -2.37. The van der Waals surface area contributed by atoms with Crippen LogP contribution in [0.3, 0.4) is 0 Å². The van der Waals surface area contributed by atoms with Crippen molar-refractivity contribution in [2.24, 2.45) is 0 Å². The molecule has 0 atom stereocenters. The fourth-order valence-electron chi connectivity index (χ4n) is 5.15. The van der Waals surface area contributed by atoms with Crippen molar-refractivity contribution in [2.75, 3.05) is 40.9 Å². The third-order valence-electron chi connectivity index (χ3n) is 7.43. The van der Waals surface area contributed by atoms with Crippen LogP contribution in [0.5, 0.6) is 11.5 Å². The van der Waals surface area contributed by atoms with E-state index in [-0.39, 0.29) is 10.7 Å². The van der Waals surface area contributed by atoms with Gasteiger partial charge < -0.3 is 14.5 Å². The molecule has 45 heavy (non-hydrogen) atoms. The van der Waals surface area contributed by atoms with Crippen molar-refractivity contribution in [2.45, 2.75) is 6.18 Å². The topological polar surface area (TPSA) is 78.0 Å². The van der Waals surface area contributed by atoms with E-state index in [0.717, 1.165) is 18.0 Å². The van der Waals surface area contributed by atoms with Gasteiger partial charge in [0, 0.05) is 38.1 Å². The Hall–Kier alpha value is -5.23. The first-order chi connectivity index (χ1) is 21.7. The van der Waals surface area contributed by atoms with Gasteiger partial charge in [-0.25, -0.2) is 4.98 Å².